The number of rotatable bonds is 5. The van der Waals surface area contributed by atoms with Crippen LogP contribution in [0.25, 0.3) is 0 Å². The number of benzene rings is 1. The lowest BCUT2D eigenvalue weighted by molar-refractivity contribution is -0.138. The molecule has 0 saturated carbocycles. The average molecular weight is 342 g/mol. The van der Waals surface area contributed by atoms with Gasteiger partial charge >= 0.3 is 5.97 Å². The van der Waals surface area contributed by atoms with E-state index in [1.807, 2.05) is 42.2 Å². The van der Waals surface area contributed by atoms with Gasteiger partial charge in [-0.2, -0.15) is 0 Å². The Balaban J connectivity index is 1.71. The van der Waals surface area contributed by atoms with Crippen LogP contribution in [-0.4, -0.2) is 58.7 Å². The van der Waals surface area contributed by atoms with Gasteiger partial charge in [-0.3, -0.25) is 9.69 Å². The number of nitrogens with two attached hydrogens (primary N) is 1. The van der Waals surface area contributed by atoms with Crippen LogP contribution < -0.4 is 16.0 Å². The Labute approximate surface area is 146 Å². The highest BCUT2D eigenvalue weighted by Crippen LogP contribution is 2.22. The molecule has 1 aromatic carbocycles. The zero-order valence-electron chi connectivity index (χ0n) is 14.1. The van der Waals surface area contributed by atoms with Gasteiger partial charge in [0.1, 0.15) is 17.5 Å². The van der Waals surface area contributed by atoms with Crippen molar-refractivity contribution in [2.45, 2.75) is 6.92 Å². The second kappa shape index (κ2) is 7.35. The van der Waals surface area contributed by atoms with E-state index >= 15 is 0 Å². The maximum atomic E-state index is 10.8. The van der Waals surface area contributed by atoms with E-state index in [4.69, 9.17) is 10.8 Å². The predicted molar refractivity (Wildman–Crippen MR) is 97.2 cm³/mol. The quantitative estimate of drug-likeness (QED) is 0.698. The molecule has 0 atom stereocenters. The highest BCUT2D eigenvalue weighted by atomic mass is 16.4. The van der Waals surface area contributed by atoms with Crippen LogP contribution in [0.1, 0.15) is 5.82 Å². The lowest BCUT2D eigenvalue weighted by atomic mass is 10.2. The first kappa shape index (κ1) is 17.0. The lowest BCUT2D eigenvalue weighted by Gasteiger charge is -2.34. The second-order valence-corrected chi connectivity index (χ2v) is 6.07. The monoisotopic (exact) mass is 342 g/mol. The molecular weight excluding hydrogens is 320 g/mol. The van der Waals surface area contributed by atoms with Gasteiger partial charge in [-0.15, -0.1) is 0 Å². The average Bonchev–Trinajstić information content (AvgIpc) is 2.54. The first-order valence-electron chi connectivity index (χ1n) is 8.17. The number of aryl methyl sites for hydroxylation is 1. The van der Waals surface area contributed by atoms with Gasteiger partial charge in [-0.05, 0) is 25.1 Å². The number of piperazine rings is 1. The highest BCUT2D eigenvalue weighted by molar-refractivity contribution is 5.69. The van der Waals surface area contributed by atoms with Gasteiger partial charge in [-0.25, -0.2) is 9.97 Å². The number of hydrogen-bond donors (Lipinski definition) is 3. The zero-order valence-corrected chi connectivity index (χ0v) is 14.1. The smallest absolute Gasteiger partial charge is 0.317 e. The number of hydrogen-bond acceptors (Lipinski definition) is 7. The summed E-state index contributed by atoms with van der Waals surface area (Å²) in [7, 11) is 0. The van der Waals surface area contributed by atoms with Crippen LogP contribution >= 0.6 is 0 Å². The van der Waals surface area contributed by atoms with Gasteiger partial charge < -0.3 is 21.1 Å². The van der Waals surface area contributed by atoms with E-state index in [2.05, 4.69) is 20.2 Å². The first-order valence-corrected chi connectivity index (χ1v) is 8.17. The van der Waals surface area contributed by atoms with E-state index in [1.54, 1.807) is 0 Å². The van der Waals surface area contributed by atoms with Gasteiger partial charge in [0.05, 0.1) is 6.54 Å². The Morgan fingerprint density at radius 1 is 1.24 bits per heavy atom. The van der Waals surface area contributed by atoms with E-state index in [0.29, 0.717) is 30.4 Å². The molecule has 1 aromatic heterocycles. The van der Waals surface area contributed by atoms with Gasteiger partial charge in [0.2, 0.25) is 0 Å². The van der Waals surface area contributed by atoms with Crippen LogP contribution in [0.3, 0.4) is 0 Å². The summed E-state index contributed by atoms with van der Waals surface area (Å²) < 4.78 is 0. The summed E-state index contributed by atoms with van der Waals surface area (Å²) in [6.45, 7) is 4.82. The molecular formula is C17H22N6O2. The highest BCUT2D eigenvalue weighted by Gasteiger charge is 2.20. The Bertz CT molecular complexity index is 759. The molecule has 1 aliphatic heterocycles. The van der Waals surface area contributed by atoms with Gasteiger partial charge in [0.15, 0.2) is 0 Å². The van der Waals surface area contributed by atoms with Crippen molar-refractivity contribution >= 4 is 29.0 Å². The molecule has 2 heterocycles. The second-order valence-electron chi connectivity index (χ2n) is 6.07. The van der Waals surface area contributed by atoms with Crippen LogP contribution in [-0.2, 0) is 4.79 Å². The maximum absolute atomic E-state index is 10.8. The molecule has 2 aromatic rings. The molecule has 0 spiro atoms. The molecule has 4 N–H and O–H groups in total. The van der Waals surface area contributed by atoms with Crippen molar-refractivity contribution in [1.82, 2.24) is 14.9 Å². The summed E-state index contributed by atoms with van der Waals surface area (Å²) in [6, 6.07) is 9.40. The van der Waals surface area contributed by atoms with Crippen LogP contribution in [0.4, 0.5) is 23.0 Å². The number of anilines is 4. The number of aromatic nitrogens is 2. The van der Waals surface area contributed by atoms with Crippen molar-refractivity contribution in [2.75, 3.05) is 48.7 Å². The summed E-state index contributed by atoms with van der Waals surface area (Å²) in [6.07, 6.45) is 0. The molecule has 0 radical (unpaired) electrons. The van der Waals surface area contributed by atoms with Crippen LogP contribution in [0.5, 0.6) is 0 Å². The number of carboxylic acids is 1. The van der Waals surface area contributed by atoms with Gasteiger partial charge in [0.25, 0.3) is 0 Å². The standard InChI is InChI=1S/C17H22N6O2/c1-12-19-15(21-14-4-2-3-13(18)9-14)10-16(20-12)23-7-5-22(6-8-23)11-17(24)25/h2-4,9-10H,5-8,11,18H2,1H3,(H,24,25)(H,19,20,21). The first-order chi connectivity index (χ1) is 12.0. The molecule has 0 bridgehead atoms. The largest absolute Gasteiger partial charge is 0.480 e. The fraction of sp³-hybridized carbons (Fsp3) is 0.353. The fourth-order valence-electron chi connectivity index (χ4n) is 2.87. The minimum absolute atomic E-state index is 0.0822. The molecule has 1 fully saturated rings. The van der Waals surface area contributed by atoms with Gasteiger partial charge in [-0.1, -0.05) is 6.07 Å². The molecule has 8 heteroatoms. The Kier molecular flexibility index (Phi) is 4.99. The molecule has 8 nitrogen and oxygen atoms in total. The normalized spacial score (nSPS) is 15.2. The number of nitrogens with zero attached hydrogens (tertiary/aromatic N) is 4. The summed E-state index contributed by atoms with van der Waals surface area (Å²) >= 11 is 0. The van der Waals surface area contributed by atoms with Crippen LogP contribution in [0.2, 0.25) is 0 Å². The third-order valence-electron chi connectivity index (χ3n) is 4.04. The van der Waals surface area contributed by atoms with Crippen LogP contribution in [0, 0.1) is 6.92 Å². The van der Waals surface area contributed by atoms with Crippen molar-refractivity contribution in [3.8, 4) is 0 Å². The molecule has 0 aliphatic carbocycles. The Morgan fingerprint density at radius 3 is 2.68 bits per heavy atom. The van der Waals surface area contributed by atoms with E-state index in [1.165, 1.54) is 0 Å². The van der Waals surface area contributed by atoms with E-state index < -0.39 is 5.97 Å². The van der Waals surface area contributed by atoms with E-state index in [0.717, 1.165) is 24.6 Å². The van der Waals surface area contributed by atoms with Crippen molar-refractivity contribution < 1.29 is 9.90 Å². The number of nitrogens with one attached hydrogen (secondary N) is 1. The van der Waals surface area contributed by atoms with E-state index in [9.17, 15) is 4.79 Å². The molecule has 1 saturated heterocycles. The molecule has 25 heavy (non-hydrogen) atoms. The zero-order chi connectivity index (χ0) is 17.8. The number of carbonyl (C=O) groups is 1. The summed E-state index contributed by atoms with van der Waals surface area (Å²) in [4.78, 5) is 23.8. The van der Waals surface area contributed by atoms with Crippen molar-refractivity contribution in [3.05, 3.63) is 36.2 Å². The van der Waals surface area contributed by atoms with Crippen molar-refractivity contribution in [3.63, 3.8) is 0 Å². The molecule has 3 rings (SSSR count). The predicted octanol–water partition coefficient (Wildman–Crippen LogP) is 1.32. The van der Waals surface area contributed by atoms with E-state index in [-0.39, 0.29) is 6.54 Å². The third kappa shape index (κ3) is 4.57. The molecule has 1 aliphatic rings. The topological polar surface area (TPSA) is 108 Å². The number of carboxylic acid groups (broad SMARTS) is 1. The van der Waals surface area contributed by atoms with Crippen molar-refractivity contribution in [1.29, 1.82) is 0 Å². The summed E-state index contributed by atoms with van der Waals surface area (Å²) in [5.74, 6) is 1.44. The summed E-state index contributed by atoms with van der Waals surface area (Å²) in [5, 5.41) is 12.1. The molecule has 0 amide bonds. The number of nitrogen functional groups attached to an aromatic ring is 1. The van der Waals surface area contributed by atoms with Gasteiger partial charge in [0, 0.05) is 43.6 Å². The number of aliphatic carboxylic acids is 1. The molecule has 0 unspecified atom stereocenters. The minimum atomic E-state index is -0.792. The van der Waals surface area contributed by atoms with Crippen molar-refractivity contribution in [2.24, 2.45) is 0 Å². The minimum Gasteiger partial charge on any atom is -0.480 e. The lowest BCUT2D eigenvalue weighted by Crippen LogP contribution is -2.48. The third-order valence-corrected chi connectivity index (χ3v) is 4.04. The van der Waals surface area contributed by atoms with Crippen LogP contribution in [0.15, 0.2) is 30.3 Å². The Morgan fingerprint density at radius 2 is 2.00 bits per heavy atom. The Hall–Kier alpha value is -2.87. The fourth-order valence-corrected chi connectivity index (χ4v) is 2.87. The molecule has 132 valence electrons. The summed E-state index contributed by atoms with van der Waals surface area (Å²) in [5.41, 5.74) is 7.37. The SMILES string of the molecule is Cc1nc(Nc2cccc(N)c2)cc(N2CCN(CC(=O)O)CC2)n1. The maximum Gasteiger partial charge on any atom is 0.317 e.